The van der Waals surface area contributed by atoms with Gasteiger partial charge in [0, 0.05) is 41.6 Å². The van der Waals surface area contributed by atoms with Gasteiger partial charge in [-0.05, 0) is 61.1 Å². The first-order valence-corrected chi connectivity index (χ1v) is 16.1. The second-order valence-corrected chi connectivity index (χ2v) is 13.7. The van der Waals surface area contributed by atoms with Crippen molar-refractivity contribution in [3.8, 4) is 0 Å². The minimum Gasteiger partial charge on any atom is -0.325 e. The molecule has 2 aromatic heterocycles. The lowest BCUT2D eigenvalue weighted by Crippen LogP contribution is -2.38. The number of benzene rings is 2. The second-order valence-electron chi connectivity index (χ2n) is 10.3. The van der Waals surface area contributed by atoms with E-state index < -0.39 is 10.0 Å². The number of fused-ring (bicyclic) bond motifs is 1. The monoisotopic (exact) mass is 554 g/mol. The Morgan fingerprint density at radius 3 is 2.35 bits per heavy atom. The van der Waals surface area contributed by atoms with Crippen LogP contribution in [0.3, 0.4) is 0 Å². The van der Waals surface area contributed by atoms with Crippen LogP contribution < -0.4 is 0 Å². The van der Waals surface area contributed by atoms with Crippen molar-refractivity contribution in [2.45, 2.75) is 56.4 Å². The summed E-state index contributed by atoms with van der Waals surface area (Å²) in [5, 5.41) is 3.79. The van der Waals surface area contributed by atoms with Gasteiger partial charge in [-0.15, -0.1) is 11.3 Å². The van der Waals surface area contributed by atoms with E-state index in [1.807, 2.05) is 23.7 Å². The highest BCUT2D eigenvalue weighted by Crippen LogP contribution is 2.41. The highest BCUT2D eigenvalue weighted by Gasteiger charge is 2.32. The van der Waals surface area contributed by atoms with Crippen LogP contribution in [0.5, 0.6) is 0 Å². The zero-order chi connectivity index (χ0) is 25.6. The summed E-state index contributed by atoms with van der Waals surface area (Å²) in [6, 6.07) is 14.9. The molecule has 1 aliphatic heterocycles. The molecule has 3 heterocycles. The van der Waals surface area contributed by atoms with Crippen LogP contribution in [-0.4, -0.2) is 46.6 Å². The lowest BCUT2D eigenvalue weighted by atomic mass is 9.91. The topological polar surface area (TPSA) is 68.1 Å². The van der Waals surface area contributed by atoms with Crippen molar-refractivity contribution >= 4 is 44.0 Å². The van der Waals surface area contributed by atoms with Crippen molar-refractivity contribution in [1.82, 2.24) is 18.8 Å². The summed E-state index contributed by atoms with van der Waals surface area (Å²) in [6.07, 6.45) is 9.61. The lowest BCUT2D eigenvalue weighted by molar-refractivity contribution is 0.273. The van der Waals surface area contributed by atoms with Gasteiger partial charge in [-0.3, -0.25) is 0 Å². The molecule has 9 heteroatoms. The molecule has 37 heavy (non-hydrogen) atoms. The van der Waals surface area contributed by atoms with Gasteiger partial charge in [-0.25, -0.2) is 22.7 Å². The van der Waals surface area contributed by atoms with E-state index in [1.54, 1.807) is 15.6 Å². The van der Waals surface area contributed by atoms with E-state index in [0.717, 1.165) is 39.5 Å². The predicted molar refractivity (Wildman–Crippen MR) is 150 cm³/mol. The van der Waals surface area contributed by atoms with E-state index in [1.165, 1.54) is 43.3 Å². The summed E-state index contributed by atoms with van der Waals surface area (Å²) >= 11 is 7.87. The van der Waals surface area contributed by atoms with Crippen molar-refractivity contribution in [3.63, 3.8) is 0 Å². The SMILES string of the molecule is CS(=O)(=O)N1CCC(n2c(C3CCCC3)nc3ccc(C(c4ccc(Cl)cc4)c4nccs4)cc32)CC1. The number of nitrogens with zero attached hydrogens (tertiary/aromatic N) is 4. The van der Waals surface area contributed by atoms with E-state index in [0.29, 0.717) is 19.0 Å². The van der Waals surface area contributed by atoms with Crippen molar-refractivity contribution in [1.29, 1.82) is 0 Å². The summed E-state index contributed by atoms with van der Waals surface area (Å²) in [6.45, 7) is 1.11. The number of sulfonamides is 1. The number of thiazole rings is 1. The molecule has 0 spiro atoms. The Morgan fingerprint density at radius 1 is 1.00 bits per heavy atom. The number of piperidine rings is 1. The van der Waals surface area contributed by atoms with Gasteiger partial charge in [-0.2, -0.15) is 0 Å². The third kappa shape index (κ3) is 4.97. The smallest absolute Gasteiger partial charge is 0.211 e. The molecule has 6 rings (SSSR count). The van der Waals surface area contributed by atoms with Gasteiger partial charge in [-0.1, -0.05) is 42.6 Å². The molecule has 1 aliphatic carbocycles. The number of halogens is 1. The maximum atomic E-state index is 12.1. The molecule has 2 aromatic carbocycles. The van der Waals surface area contributed by atoms with Crippen LogP contribution in [0.2, 0.25) is 5.02 Å². The molecule has 0 radical (unpaired) electrons. The van der Waals surface area contributed by atoms with Crippen molar-refractivity contribution in [2.24, 2.45) is 0 Å². The molecule has 1 saturated carbocycles. The first-order valence-electron chi connectivity index (χ1n) is 13.0. The number of rotatable bonds is 6. The molecule has 2 aliphatic rings. The highest BCUT2D eigenvalue weighted by molar-refractivity contribution is 7.88. The normalized spacial score (nSPS) is 19.1. The molecule has 1 unspecified atom stereocenters. The first kappa shape index (κ1) is 25.0. The Bertz CT molecular complexity index is 1490. The van der Waals surface area contributed by atoms with Crippen LogP contribution in [-0.2, 0) is 10.0 Å². The van der Waals surface area contributed by atoms with Crippen LogP contribution in [0.4, 0.5) is 0 Å². The molecule has 0 bridgehead atoms. The van der Waals surface area contributed by atoms with Gasteiger partial charge in [0.1, 0.15) is 10.8 Å². The largest absolute Gasteiger partial charge is 0.325 e. The Balaban J connectivity index is 1.45. The van der Waals surface area contributed by atoms with E-state index in [-0.39, 0.29) is 12.0 Å². The minimum atomic E-state index is -3.17. The molecule has 6 nitrogen and oxygen atoms in total. The Morgan fingerprint density at radius 2 is 1.70 bits per heavy atom. The fourth-order valence-corrected chi connectivity index (χ4v) is 7.90. The van der Waals surface area contributed by atoms with Gasteiger partial charge in [0.2, 0.25) is 10.0 Å². The summed E-state index contributed by atoms with van der Waals surface area (Å²) in [7, 11) is -3.17. The number of hydrogen-bond acceptors (Lipinski definition) is 5. The number of imidazole rings is 1. The summed E-state index contributed by atoms with van der Waals surface area (Å²) < 4.78 is 28.4. The van der Waals surface area contributed by atoms with Crippen molar-refractivity contribution in [3.05, 3.63) is 81.0 Å². The molecular formula is C28H31ClN4O2S2. The van der Waals surface area contributed by atoms with E-state index >= 15 is 0 Å². The molecule has 1 atom stereocenters. The van der Waals surface area contributed by atoms with Crippen molar-refractivity contribution in [2.75, 3.05) is 19.3 Å². The quantitative estimate of drug-likeness (QED) is 0.270. The molecule has 0 N–H and O–H groups in total. The summed E-state index contributed by atoms with van der Waals surface area (Å²) in [4.78, 5) is 9.87. The molecule has 2 fully saturated rings. The zero-order valence-electron chi connectivity index (χ0n) is 20.9. The fraction of sp³-hybridized carbons (Fsp3) is 0.429. The van der Waals surface area contributed by atoms with Crippen LogP contribution in [0, 0.1) is 0 Å². The summed E-state index contributed by atoms with van der Waals surface area (Å²) in [5.74, 6) is 1.65. The van der Waals surface area contributed by atoms with Crippen molar-refractivity contribution < 1.29 is 8.42 Å². The number of hydrogen-bond donors (Lipinski definition) is 0. The minimum absolute atomic E-state index is 0.00651. The lowest BCUT2D eigenvalue weighted by Gasteiger charge is -2.32. The number of aromatic nitrogens is 3. The van der Waals surface area contributed by atoms with Crippen LogP contribution in [0.25, 0.3) is 11.0 Å². The van der Waals surface area contributed by atoms with Gasteiger partial charge in [0.05, 0.1) is 23.2 Å². The maximum absolute atomic E-state index is 12.1. The van der Waals surface area contributed by atoms with E-state index in [2.05, 4.69) is 39.9 Å². The third-order valence-corrected chi connectivity index (χ3v) is 10.3. The average molecular weight is 555 g/mol. The predicted octanol–water partition coefficient (Wildman–Crippen LogP) is 6.58. The standard InChI is InChI=1S/C28H31ClN4O2S2/c1-37(34,35)32-15-12-23(13-16-32)33-25-18-21(8-11-24(25)31-27(33)20-4-2-3-5-20)26(28-30-14-17-36-28)19-6-9-22(29)10-7-19/h6-11,14,17-18,20,23,26H,2-5,12-13,15-16H2,1H3. The van der Waals surface area contributed by atoms with Crippen LogP contribution in [0.1, 0.15) is 78.4 Å². The summed E-state index contributed by atoms with van der Waals surface area (Å²) in [5.41, 5.74) is 4.50. The van der Waals surface area contributed by atoms with Crippen LogP contribution >= 0.6 is 22.9 Å². The molecule has 1 saturated heterocycles. The average Bonchev–Trinajstić information content (AvgIpc) is 3.66. The van der Waals surface area contributed by atoms with Gasteiger partial charge >= 0.3 is 0 Å². The first-order chi connectivity index (χ1) is 17.9. The van der Waals surface area contributed by atoms with E-state index in [9.17, 15) is 8.42 Å². The molecule has 0 amide bonds. The fourth-order valence-electron chi connectivity index (χ4n) is 6.11. The molecular weight excluding hydrogens is 524 g/mol. The Kier molecular flexibility index (Phi) is 6.86. The maximum Gasteiger partial charge on any atom is 0.211 e. The molecule has 4 aromatic rings. The Hall–Kier alpha value is -2.26. The highest BCUT2D eigenvalue weighted by atomic mass is 35.5. The molecule has 194 valence electrons. The van der Waals surface area contributed by atoms with Gasteiger partial charge in [0.25, 0.3) is 0 Å². The third-order valence-electron chi connectivity index (χ3n) is 7.95. The Labute approximate surface area is 227 Å². The van der Waals surface area contributed by atoms with E-state index in [4.69, 9.17) is 16.6 Å². The van der Waals surface area contributed by atoms with Gasteiger partial charge in [0.15, 0.2) is 0 Å². The second kappa shape index (κ2) is 10.1. The zero-order valence-corrected chi connectivity index (χ0v) is 23.3. The van der Waals surface area contributed by atoms with Crippen LogP contribution in [0.15, 0.2) is 54.0 Å². The van der Waals surface area contributed by atoms with Gasteiger partial charge < -0.3 is 4.57 Å².